The number of nitrogens with zero attached hydrogens (tertiary/aromatic N) is 2. The first kappa shape index (κ1) is 31.2. The van der Waals surface area contributed by atoms with Crippen LogP contribution in [0.1, 0.15) is 28.4 Å². The fourth-order valence-electron chi connectivity index (χ4n) is 3.86. The normalized spacial score (nSPS) is 11.7. The lowest BCUT2D eigenvalue weighted by Crippen LogP contribution is -2.21. The summed E-state index contributed by atoms with van der Waals surface area (Å²) >= 11 is 0. The molecular formula is C27H26F4N6O5. The van der Waals surface area contributed by atoms with Gasteiger partial charge in [-0.2, -0.15) is 17.9 Å². The molecule has 0 aliphatic heterocycles. The van der Waals surface area contributed by atoms with Gasteiger partial charge in [-0.05, 0) is 30.2 Å². The van der Waals surface area contributed by atoms with Crippen LogP contribution in [0.3, 0.4) is 0 Å². The van der Waals surface area contributed by atoms with Crippen molar-refractivity contribution in [1.29, 1.82) is 5.41 Å². The molecule has 0 spiro atoms. The first-order valence-electron chi connectivity index (χ1n) is 12.0. The summed E-state index contributed by atoms with van der Waals surface area (Å²) in [5.74, 6) is -3.47. The van der Waals surface area contributed by atoms with Crippen molar-refractivity contribution in [1.82, 2.24) is 14.8 Å². The molecule has 0 fully saturated rings. The summed E-state index contributed by atoms with van der Waals surface area (Å²) in [4.78, 5) is 24.5. The van der Waals surface area contributed by atoms with Crippen molar-refractivity contribution in [2.45, 2.75) is 18.5 Å². The third kappa shape index (κ3) is 7.24. The Morgan fingerprint density at radius 1 is 1.12 bits per heavy atom. The Morgan fingerprint density at radius 3 is 2.26 bits per heavy atom. The number of anilines is 1. The van der Waals surface area contributed by atoms with Crippen LogP contribution in [0.2, 0.25) is 0 Å². The van der Waals surface area contributed by atoms with Gasteiger partial charge in [-0.1, -0.05) is 36.4 Å². The molecule has 4 rings (SSSR count). The number of methoxy groups -OCH3 is 2. The van der Waals surface area contributed by atoms with Crippen LogP contribution in [0.15, 0.2) is 65.5 Å². The van der Waals surface area contributed by atoms with Gasteiger partial charge in [-0.15, -0.1) is 5.10 Å². The van der Waals surface area contributed by atoms with Crippen LogP contribution < -0.4 is 26.6 Å². The molecule has 3 aromatic carbocycles. The van der Waals surface area contributed by atoms with Crippen LogP contribution in [0.25, 0.3) is 5.69 Å². The van der Waals surface area contributed by atoms with Gasteiger partial charge < -0.3 is 26.0 Å². The standard InChI is InChI=1S/C25H25FN6O3.C2HF3O2/c1-34-16-12-17(22(26)21(13-16)35-2)18(11-14-7-9-15(10-8-14)23(28)29)24-30-25(33)32(31-24)20-6-4-3-5-19(20)27;3-2(4,5)1(6)7/h3-10,12-13,18H,11,27H2,1-2H3,(H3,28,29)(H,30,31,33);(H,6,7). The Morgan fingerprint density at radius 2 is 1.74 bits per heavy atom. The molecule has 0 amide bonds. The van der Waals surface area contributed by atoms with Crippen molar-refractivity contribution in [2.75, 3.05) is 20.0 Å². The maximum atomic E-state index is 15.5. The van der Waals surface area contributed by atoms with Gasteiger partial charge in [0.15, 0.2) is 11.6 Å². The van der Waals surface area contributed by atoms with Crippen molar-refractivity contribution >= 4 is 17.5 Å². The number of nitrogens with one attached hydrogen (secondary N) is 2. The van der Waals surface area contributed by atoms with Crippen molar-refractivity contribution in [3.8, 4) is 17.2 Å². The monoisotopic (exact) mass is 590 g/mol. The van der Waals surface area contributed by atoms with E-state index < -0.39 is 29.6 Å². The highest BCUT2D eigenvalue weighted by molar-refractivity contribution is 5.94. The van der Waals surface area contributed by atoms with E-state index in [9.17, 15) is 18.0 Å². The highest BCUT2D eigenvalue weighted by Crippen LogP contribution is 2.36. The van der Waals surface area contributed by atoms with Crippen LogP contribution in [0, 0.1) is 11.2 Å². The number of halogens is 4. The summed E-state index contributed by atoms with van der Waals surface area (Å²) in [5.41, 5.74) is 13.5. The number of carbonyl (C=O) groups is 1. The van der Waals surface area contributed by atoms with E-state index in [1.165, 1.54) is 20.3 Å². The van der Waals surface area contributed by atoms with E-state index >= 15 is 4.39 Å². The summed E-state index contributed by atoms with van der Waals surface area (Å²) < 4.78 is 59.0. The van der Waals surface area contributed by atoms with Gasteiger partial charge in [0.1, 0.15) is 17.4 Å². The van der Waals surface area contributed by atoms with Crippen molar-refractivity contribution in [2.24, 2.45) is 5.73 Å². The average molecular weight is 591 g/mol. The fourth-order valence-corrected chi connectivity index (χ4v) is 3.86. The molecule has 42 heavy (non-hydrogen) atoms. The number of nitrogens with two attached hydrogens (primary N) is 2. The zero-order valence-corrected chi connectivity index (χ0v) is 22.2. The lowest BCUT2D eigenvalue weighted by molar-refractivity contribution is -0.192. The number of hydrogen-bond acceptors (Lipinski definition) is 7. The molecule has 11 nitrogen and oxygen atoms in total. The van der Waals surface area contributed by atoms with Gasteiger partial charge in [0.2, 0.25) is 0 Å². The molecule has 0 bridgehead atoms. The number of carboxylic acids is 1. The highest BCUT2D eigenvalue weighted by Gasteiger charge is 2.38. The SMILES string of the molecule is COc1cc(OC)c(F)c(C(Cc2ccc(C(=N)N)cc2)c2nn(-c3ccccc3N)c(=O)[nH]2)c1.O=C(O)C(F)(F)F. The number of benzene rings is 3. The number of aromatic amines is 1. The quantitative estimate of drug-likeness (QED) is 0.0893. The van der Waals surface area contributed by atoms with Crippen LogP contribution in [-0.4, -0.2) is 52.1 Å². The molecule has 4 aromatic rings. The summed E-state index contributed by atoms with van der Waals surface area (Å²) in [5, 5.41) is 19.2. The zero-order valence-electron chi connectivity index (χ0n) is 22.2. The number of aromatic nitrogens is 3. The first-order valence-corrected chi connectivity index (χ1v) is 12.0. The van der Waals surface area contributed by atoms with E-state index in [1.807, 2.05) is 0 Å². The minimum absolute atomic E-state index is 0.00496. The fraction of sp³-hybridized carbons (Fsp3) is 0.185. The number of para-hydroxylation sites is 2. The molecule has 1 unspecified atom stereocenters. The van der Waals surface area contributed by atoms with E-state index in [0.29, 0.717) is 22.7 Å². The summed E-state index contributed by atoms with van der Waals surface area (Å²) in [7, 11) is 2.84. The third-order valence-corrected chi connectivity index (χ3v) is 5.95. The van der Waals surface area contributed by atoms with Crippen molar-refractivity contribution < 1.29 is 36.9 Å². The topological polar surface area (TPSA) is 182 Å². The van der Waals surface area contributed by atoms with E-state index in [0.717, 1.165) is 10.2 Å². The lowest BCUT2D eigenvalue weighted by Gasteiger charge is -2.18. The molecule has 0 aliphatic carbocycles. The number of H-pyrrole nitrogens is 1. The number of amidine groups is 1. The second-order valence-corrected chi connectivity index (χ2v) is 8.69. The second kappa shape index (κ2) is 12.9. The Bertz CT molecular complexity index is 1630. The molecule has 0 radical (unpaired) electrons. The minimum atomic E-state index is -5.08. The van der Waals surface area contributed by atoms with E-state index in [1.54, 1.807) is 54.6 Å². The largest absolute Gasteiger partial charge is 0.497 e. The molecule has 15 heteroatoms. The van der Waals surface area contributed by atoms with Crippen molar-refractivity contribution in [3.05, 3.63) is 99.5 Å². The first-order chi connectivity index (χ1) is 19.8. The van der Waals surface area contributed by atoms with Gasteiger partial charge in [0.05, 0.1) is 31.5 Å². The molecular weight excluding hydrogens is 564 g/mol. The predicted octanol–water partition coefficient (Wildman–Crippen LogP) is 3.59. The number of rotatable bonds is 8. The van der Waals surface area contributed by atoms with E-state index in [-0.39, 0.29) is 29.4 Å². The number of ether oxygens (including phenoxy) is 2. The van der Waals surface area contributed by atoms with Crippen molar-refractivity contribution in [3.63, 3.8) is 0 Å². The minimum Gasteiger partial charge on any atom is -0.497 e. The van der Waals surface area contributed by atoms with Gasteiger partial charge in [0, 0.05) is 17.2 Å². The maximum Gasteiger partial charge on any atom is 0.490 e. The van der Waals surface area contributed by atoms with Crippen LogP contribution in [0.5, 0.6) is 11.5 Å². The third-order valence-electron chi connectivity index (χ3n) is 5.95. The Hall–Kier alpha value is -5.34. The molecule has 0 saturated heterocycles. The molecule has 0 saturated carbocycles. The summed E-state index contributed by atoms with van der Waals surface area (Å²) in [6, 6.07) is 16.8. The Balaban J connectivity index is 0.000000616. The number of alkyl halides is 3. The molecule has 1 aromatic heterocycles. The second-order valence-electron chi connectivity index (χ2n) is 8.69. The van der Waals surface area contributed by atoms with Gasteiger partial charge in [-0.25, -0.2) is 14.0 Å². The summed E-state index contributed by atoms with van der Waals surface area (Å²) in [6.07, 6.45) is -4.80. The van der Waals surface area contributed by atoms with Crippen LogP contribution in [-0.2, 0) is 11.2 Å². The molecule has 222 valence electrons. The van der Waals surface area contributed by atoms with Crippen LogP contribution in [0.4, 0.5) is 23.2 Å². The number of aliphatic carboxylic acids is 1. The molecule has 1 heterocycles. The van der Waals surface area contributed by atoms with Crippen LogP contribution >= 0.6 is 0 Å². The molecule has 0 aliphatic rings. The Labute approximate surface area is 235 Å². The smallest absolute Gasteiger partial charge is 0.490 e. The molecule has 1 atom stereocenters. The van der Waals surface area contributed by atoms with Gasteiger partial charge in [0.25, 0.3) is 0 Å². The summed E-state index contributed by atoms with van der Waals surface area (Å²) in [6.45, 7) is 0. The zero-order chi connectivity index (χ0) is 31.2. The number of nitrogen functional groups attached to an aromatic ring is 2. The Kier molecular flexibility index (Phi) is 9.57. The number of hydrogen-bond donors (Lipinski definition) is 5. The highest BCUT2D eigenvalue weighted by atomic mass is 19.4. The van der Waals surface area contributed by atoms with E-state index in [4.69, 9.17) is 36.3 Å². The number of carboxylic acid groups (broad SMARTS) is 1. The van der Waals surface area contributed by atoms with Gasteiger partial charge >= 0.3 is 17.8 Å². The predicted molar refractivity (Wildman–Crippen MR) is 145 cm³/mol. The lowest BCUT2D eigenvalue weighted by atomic mass is 9.90. The van der Waals surface area contributed by atoms with E-state index in [2.05, 4.69) is 10.1 Å². The maximum absolute atomic E-state index is 15.5. The molecule has 7 N–H and O–H groups in total. The average Bonchev–Trinajstić information content (AvgIpc) is 3.33. The van der Waals surface area contributed by atoms with Gasteiger partial charge in [-0.3, -0.25) is 10.4 Å².